The van der Waals surface area contributed by atoms with Crippen molar-refractivity contribution < 1.29 is 9.47 Å². The number of allylic oxidation sites excluding steroid dienone is 3. The molecule has 0 aliphatic rings. The Labute approximate surface area is 212 Å². The molecule has 0 atom stereocenters. The van der Waals surface area contributed by atoms with Gasteiger partial charge in [-0.2, -0.15) is 5.10 Å². The Morgan fingerprint density at radius 2 is 1.78 bits per heavy atom. The van der Waals surface area contributed by atoms with E-state index in [1.165, 1.54) is 16.3 Å². The highest BCUT2D eigenvalue weighted by Gasteiger charge is 2.18. The Hall–Kier alpha value is -4.06. The van der Waals surface area contributed by atoms with Crippen LogP contribution in [-0.2, 0) is 22.6 Å². The van der Waals surface area contributed by atoms with Gasteiger partial charge in [0.2, 0.25) is 0 Å². The third-order valence-corrected chi connectivity index (χ3v) is 6.45. The molecule has 0 bridgehead atoms. The van der Waals surface area contributed by atoms with E-state index in [0.717, 1.165) is 33.7 Å². The molecule has 2 aromatic carbocycles. The van der Waals surface area contributed by atoms with E-state index in [1.807, 2.05) is 19.9 Å². The summed E-state index contributed by atoms with van der Waals surface area (Å²) in [5.41, 5.74) is 4.47. The fraction of sp³-hybridized carbons (Fsp3) is 0.267. The number of nitrogens with one attached hydrogen (secondary N) is 1. The van der Waals surface area contributed by atoms with E-state index in [1.54, 1.807) is 13.2 Å². The van der Waals surface area contributed by atoms with Crippen molar-refractivity contribution in [2.45, 2.75) is 40.8 Å². The zero-order chi connectivity index (χ0) is 25.7. The van der Waals surface area contributed by atoms with E-state index >= 15 is 0 Å². The molecule has 0 saturated heterocycles. The molecule has 2 aromatic heterocycles. The van der Waals surface area contributed by atoms with Crippen LogP contribution in [0.1, 0.15) is 29.6 Å². The summed E-state index contributed by atoms with van der Waals surface area (Å²) < 4.78 is 13.2. The van der Waals surface area contributed by atoms with Crippen LogP contribution in [-0.4, -0.2) is 28.5 Å². The minimum absolute atomic E-state index is 0.553. The average molecular weight is 483 g/mol. The monoisotopic (exact) mass is 482 g/mol. The number of nitrogens with zero attached hydrogens (tertiary/aromatic N) is 3. The quantitative estimate of drug-likeness (QED) is 0.200. The minimum atomic E-state index is 0.553. The Morgan fingerprint density at radius 3 is 2.56 bits per heavy atom. The lowest BCUT2D eigenvalue weighted by Crippen LogP contribution is -2.05. The van der Waals surface area contributed by atoms with Gasteiger partial charge in [0.25, 0.3) is 0 Å². The Morgan fingerprint density at radius 1 is 1.03 bits per heavy atom. The van der Waals surface area contributed by atoms with Gasteiger partial charge in [-0.1, -0.05) is 55.1 Å². The first-order chi connectivity index (χ1) is 17.4. The van der Waals surface area contributed by atoms with E-state index in [4.69, 9.17) is 9.47 Å². The van der Waals surface area contributed by atoms with Crippen LogP contribution in [0.3, 0.4) is 0 Å². The number of aryl methyl sites for hydroxylation is 3. The summed E-state index contributed by atoms with van der Waals surface area (Å²) in [5, 5.41) is 17.3. The minimum Gasteiger partial charge on any atom is -0.497 e. The summed E-state index contributed by atoms with van der Waals surface area (Å²) in [6.07, 6.45) is 5.84. The van der Waals surface area contributed by atoms with Gasteiger partial charge in [0.15, 0.2) is 5.82 Å². The standard InChI is InChI=1S/C30H34N4O2/c1-7-36-26(18-20(2)35-6)15-11-17-34-22(4)28-21(3)32-33-30(29(28)23(34)5)31-19-25-14-10-13-24-12-8-9-16-27(24)25/h8-16,18H,2,7,17,19H2,1,3-6H3,(H,31,33)/b15-11-,26-18+. The van der Waals surface area contributed by atoms with Gasteiger partial charge in [-0.15, -0.1) is 5.10 Å². The van der Waals surface area contributed by atoms with Gasteiger partial charge >= 0.3 is 0 Å². The second-order valence-electron chi connectivity index (χ2n) is 8.71. The fourth-order valence-electron chi connectivity index (χ4n) is 4.66. The number of methoxy groups -OCH3 is 1. The molecule has 0 fully saturated rings. The molecule has 0 aliphatic carbocycles. The van der Waals surface area contributed by atoms with Crippen molar-refractivity contribution in [3.63, 3.8) is 0 Å². The number of anilines is 1. The number of hydrogen-bond donors (Lipinski definition) is 1. The van der Waals surface area contributed by atoms with Crippen LogP contribution in [0.15, 0.2) is 78.8 Å². The zero-order valence-corrected chi connectivity index (χ0v) is 21.8. The molecule has 0 aliphatic heterocycles. The predicted octanol–water partition coefficient (Wildman–Crippen LogP) is 6.76. The molecule has 36 heavy (non-hydrogen) atoms. The molecule has 0 saturated carbocycles. The summed E-state index contributed by atoms with van der Waals surface area (Å²) >= 11 is 0. The normalized spacial score (nSPS) is 12.0. The summed E-state index contributed by atoms with van der Waals surface area (Å²) in [5.74, 6) is 2.07. The van der Waals surface area contributed by atoms with Crippen molar-refractivity contribution in [3.8, 4) is 0 Å². The maximum atomic E-state index is 5.71. The van der Waals surface area contributed by atoms with Crippen LogP contribution in [0, 0.1) is 20.8 Å². The third-order valence-electron chi connectivity index (χ3n) is 6.45. The van der Waals surface area contributed by atoms with Crippen LogP contribution in [0.4, 0.5) is 5.82 Å². The first-order valence-electron chi connectivity index (χ1n) is 12.2. The topological polar surface area (TPSA) is 61.2 Å². The van der Waals surface area contributed by atoms with Gasteiger partial charge in [0.05, 0.1) is 19.4 Å². The van der Waals surface area contributed by atoms with Gasteiger partial charge in [0, 0.05) is 41.3 Å². The van der Waals surface area contributed by atoms with Crippen LogP contribution in [0.5, 0.6) is 0 Å². The highest BCUT2D eigenvalue weighted by atomic mass is 16.5. The number of benzene rings is 2. The lowest BCUT2D eigenvalue weighted by molar-refractivity contribution is 0.237. The van der Waals surface area contributed by atoms with Crippen molar-refractivity contribution in [1.82, 2.24) is 14.8 Å². The third kappa shape index (κ3) is 5.13. The van der Waals surface area contributed by atoms with Crippen molar-refractivity contribution in [3.05, 3.63) is 101 Å². The Bertz CT molecular complexity index is 1460. The molecule has 186 valence electrons. The lowest BCUT2D eigenvalue weighted by atomic mass is 10.0. The molecule has 0 radical (unpaired) electrons. The summed E-state index contributed by atoms with van der Waals surface area (Å²) in [6.45, 7) is 14.0. The molecule has 6 nitrogen and oxygen atoms in total. The molecule has 0 spiro atoms. The van der Waals surface area contributed by atoms with E-state index in [-0.39, 0.29) is 0 Å². The molecule has 6 heteroatoms. The van der Waals surface area contributed by atoms with Crippen LogP contribution in [0.25, 0.3) is 21.5 Å². The zero-order valence-electron chi connectivity index (χ0n) is 21.8. The van der Waals surface area contributed by atoms with Crippen LogP contribution < -0.4 is 5.32 Å². The van der Waals surface area contributed by atoms with Crippen LogP contribution >= 0.6 is 0 Å². The van der Waals surface area contributed by atoms with Crippen molar-refractivity contribution in [2.24, 2.45) is 0 Å². The maximum absolute atomic E-state index is 5.71. The SMILES string of the molecule is C=C(/C=C(\C=C/Cn1c(C)c2c(C)nnc(NCc3cccc4ccccc34)c2c1C)OCC)OC. The van der Waals surface area contributed by atoms with Gasteiger partial charge in [-0.25, -0.2) is 0 Å². The number of ether oxygens (including phenoxy) is 2. The first kappa shape index (κ1) is 25.0. The number of rotatable bonds is 10. The van der Waals surface area contributed by atoms with E-state index in [2.05, 4.69) is 89.0 Å². The van der Waals surface area contributed by atoms with Gasteiger partial charge < -0.3 is 19.4 Å². The second kappa shape index (κ2) is 11.1. The van der Waals surface area contributed by atoms with Gasteiger partial charge in [-0.3, -0.25) is 0 Å². The van der Waals surface area contributed by atoms with Crippen LogP contribution in [0.2, 0.25) is 0 Å². The molecule has 1 N–H and O–H groups in total. The highest BCUT2D eigenvalue weighted by Crippen LogP contribution is 2.32. The summed E-state index contributed by atoms with van der Waals surface area (Å²) in [7, 11) is 1.60. The van der Waals surface area contributed by atoms with Crippen molar-refractivity contribution in [2.75, 3.05) is 19.0 Å². The van der Waals surface area contributed by atoms with E-state index in [0.29, 0.717) is 31.2 Å². The summed E-state index contributed by atoms with van der Waals surface area (Å²) in [6, 6.07) is 14.8. The number of aromatic nitrogens is 3. The Kier molecular flexibility index (Phi) is 7.74. The largest absolute Gasteiger partial charge is 0.497 e. The number of hydrogen-bond acceptors (Lipinski definition) is 5. The van der Waals surface area contributed by atoms with Crippen molar-refractivity contribution >= 4 is 27.4 Å². The first-order valence-corrected chi connectivity index (χ1v) is 12.2. The predicted molar refractivity (Wildman–Crippen MR) is 148 cm³/mol. The number of fused-ring (bicyclic) bond motifs is 2. The smallest absolute Gasteiger partial charge is 0.158 e. The van der Waals surface area contributed by atoms with E-state index in [9.17, 15) is 0 Å². The van der Waals surface area contributed by atoms with Gasteiger partial charge in [-0.05, 0) is 50.1 Å². The molecule has 0 unspecified atom stereocenters. The fourth-order valence-corrected chi connectivity index (χ4v) is 4.66. The van der Waals surface area contributed by atoms with Crippen molar-refractivity contribution in [1.29, 1.82) is 0 Å². The second-order valence-corrected chi connectivity index (χ2v) is 8.71. The molecular formula is C30H34N4O2. The average Bonchev–Trinajstić information content (AvgIpc) is 3.14. The van der Waals surface area contributed by atoms with E-state index < -0.39 is 0 Å². The Balaban J connectivity index is 1.64. The highest BCUT2D eigenvalue weighted by molar-refractivity contribution is 5.98. The molecule has 4 rings (SSSR count). The maximum Gasteiger partial charge on any atom is 0.158 e. The molecule has 0 amide bonds. The molecular weight excluding hydrogens is 448 g/mol. The molecule has 4 aromatic rings. The lowest BCUT2D eigenvalue weighted by Gasteiger charge is -2.11. The van der Waals surface area contributed by atoms with Gasteiger partial charge in [0.1, 0.15) is 11.5 Å². The molecule has 2 heterocycles. The summed E-state index contributed by atoms with van der Waals surface area (Å²) in [4.78, 5) is 0.